The minimum Gasteiger partial charge on any atom is -0.276 e. The lowest BCUT2D eigenvalue weighted by atomic mass is 10.1. The smallest absolute Gasteiger partial charge is 0.262 e. The maximum Gasteiger partial charge on any atom is 0.262 e. The van der Waals surface area contributed by atoms with E-state index in [1.807, 2.05) is 36.4 Å². The molecule has 1 N–H and O–H groups in total. The van der Waals surface area contributed by atoms with Gasteiger partial charge in [-0.1, -0.05) is 36.4 Å². The van der Waals surface area contributed by atoms with Gasteiger partial charge in [-0.05, 0) is 18.2 Å². The number of aromatic nitrogens is 2. The van der Waals surface area contributed by atoms with Crippen molar-refractivity contribution in [2.75, 3.05) is 4.72 Å². The zero-order valence-electron chi connectivity index (χ0n) is 12.4. The maximum absolute atomic E-state index is 12.6. The van der Waals surface area contributed by atoms with Crippen LogP contribution in [-0.4, -0.2) is 18.4 Å². The van der Waals surface area contributed by atoms with Gasteiger partial charge in [-0.15, -0.1) is 0 Å². The van der Waals surface area contributed by atoms with Crippen molar-refractivity contribution in [1.29, 1.82) is 5.26 Å². The van der Waals surface area contributed by atoms with Crippen LogP contribution in [0, 0.1) is 11.3 Å². The van der Waals surface area contributed by atoms with E-state index in [9.17, 15) is 8.42 Å². The van der Waals surface area contributed by atoms with Crippen LogP contribution in [0.3, 0.4) is 0 Å². The highest BCUT2D eigenvalue weighted by atomic mass is 32.2. The van der Waals surface area contributed by atoms with Gasteiger partial charge in [0.2, 0.25) is 0 Å². The second-order valence-corrected chi connectivity index (χ2v) is 6.58. The summed E-state index contributed by atoms with van der Waals surface area (Å²) in [5.41, 5.74) is 1.78. The monoisotopic (exact) mass is 336 g/mol. The molecule has 2 aromatic carbocycles. The van der Waals surface area contributed by atoms with Gasteiger partial charge in [-0.3, -0.25) is 4.72 Å². The summed E-state index contributed by atoms with van der Waals surface area (Å²) >= 11 is 0. The van der Waals surface area contributed by atoms with E-state index in [-0.39, 0.29) is 16.1 Å². The van der Waals surface area contributed by atoms with Gasteiger partial charge in [0.05, 0.1) is 34.1 Å². The molecule has 0 unspecified atom stereocenters. The predicted octanol–water partition coefficient (Wildman–Crippen LogP) is 2.82. The summed E-state index contributed by atoms with van der Waals surface area (Å²) in [6, 6.07) is 16.9. The van der Waals surface area contributed by atoms with Crippen molar-refractivity contribution >= 4 is 15.7 Å². The van der Waals surface area contributed by atoms with E-state index in [1.165, 1.54) is 30.7 Å². The molecule has 0 spiro atoms. The lowest BCUT2D eigenvalue weighted by Gasteiger charge is -2.11. The summed E-state index contributed by atoms with van der Waals surface area (Å²) < 4.78 is 27.6. The van der Waals surface area contributed by atoms with Crippen LogP contribution in [-0.2, 0) is 10.0 Å². The minimum atomic E-state index is -3.86. The number of nitrogens with zero attached hydrogens (tertiary/aromatic N) is 3. The zero-order valence-corrected chi connectivity index (χ0v) is 13.2. The second kappa shape index (κ2) is 6.48. The fourth-order valence-corrected chi connectivity index (χ4v) is 3.26. The first-order valence-corrected chi connectivity index (χ1v) is 8.47. The Morgan fingerprint density at radius 1 is 1.04 bits per heavy atom. The molecule has 0 saturated carbocycles. The summed E-state index contributed by atoms with van der Waals surface area (Å²) in [6.07, 6.45) is 2.76. The molecule has 6 nitrogen and oxygen atoms in total. The maximum atomic E-state index is 12.6. The average molecular weight is 336 g/mol. The Labute approximate surface area is 139 Å². The van der Waals surface area contributed by atoms with Gasteiger partial charge >= 0.3 is 0 Å². The van der Waals surface area contributed by atoms with E-state index >= 15 is 0 Å². The van der Waals surface area contributed by atoms with Gasteiger partial charge < -0.3 is 0 Å². The molecule has 7 heteroatoms. The first-order valence-electron chi connectivity index (χ1n) is 6.98. The predicted molar refractivity (Wildman–Crippen MR) is 89.4 cm³/mol. The Hall–Kier alpha value is -3.24. The van der Waals surface area contributed by atoms with Crippen molar-refractivity contribution in [2.45, 2.75) is 4.90 Å². The van der Waals surface area contributed by atoms with Crippen molar-refractivity contribution in [3.63, 3.8) is 0 Å². The molecule has 0 saturated heterocycles. The summed E-state index contributed by atoms with van der Waals surface area (Å²) in [6.45, 7) is 0. The van der Waals surface area contributed by atoms with E-state index in [0.717, 1.165) is 5.56 Å². The summed E-state index contributed by atoms with van der Waals surface area (Å²) in [5.74, 6) is 0. The van der Waals surface area contributed by atoms with E-state index in [0.29, 0.717) is 5.69 Å². The van der Waals surface area contributed by atoms with Crippen molar-refractivity contribution in [1.82, 2.24) is 9.97 Å². The van der Waals surface area contributed by atoms with Gasteiger partial charge in [0, 0.05) is 5.56 Å². The minimum absolute atomic E-state index is 0.00409. The number of nitriles is 1. The lowest BCUT2D eigenvalue weighted by molar-refractivity contribution is 0.601. The third-order valence-corrected chi connectivity index (χ3v) is 4.64. The molecule has 0 fully saturated rings. The zero-order chi connectivity index (χ0) is 17.0. The highest BCUT2D eigenvalue weighted by molar-refractivity contribution is 7.92. The Bertz CT molecular complexity index is 1010. The molecule has 0 radical (unpaired) electrons. The quantitative estimate of drug-likeness (QED) is 0.790. The number of sulfonamides is 1. The molecule has 0 bridgehead atoms. The molecule has 24 heavy (non-hydrogen) atoms. The van der Waals surface area contributed by atoms with Crippen LogP contribution in [0.2, 0.25) is 0 Å². The molecule has 0 atom stereocenters. The fraction of sp³-hybridized carbons (Fsp3) is 0. The van der Waals surface area contributed by atoms with Gasteiger partial charge in [0.1, 0.15) is 6.33 Å². The Morgan fingerprint density at radius 3 is 2.58 bits per heavy atom. The molecule has 0 aliphatic carbocycles. The van der Waals surface area contributed by atoms with E-state index in [2.05, 4.69) is 14.7 Å². The topological polar surface area (TPSA) is 95.7 Å². The van der Waals surface area contributed by atoms with Crippen LogP contribution < -0.4 is 4.72 Å². The molecular weight excluding hydrogens is 324 g/mol. The number of anilines is 1. The largest absolute Gasteiger partial charge is 0.276 e. The highest BCUT2D eigenvalue weighted by Crippen LogP contribution is 2.26. The van der Waals surface area contributed by atoms with E-state index in [1.54, 1.807) is 6.07 Å². The van der Waals surface area contributed by atoms with Crippen LogP contribution in [0.15, 0.2) is 72.0 Å². The van der Waals surface area contributed by atoms with Gasteiger partial charge in [-0.25, -0.2) is 18.4 Å². The lowest BCUT2D eigenvalue weighted by Crippen LogP contribution is -2.14. The average Bonchev–Trinajstić information content (AvgIpc) is 2.63. The van der Waals surface area contributed by atoms with Gasteiger partial charge in [-0.2, -0.15) is 5.26 Å². The number of benzene rings is 2. The van der Waals surface area contributed by atoms with Crippen LogP contribution in [0.25, 0.3) is 11.3 Å². The third kappa shape index (κ3) is 3.24. The summed E-state index contributed by atoms with van der Waals surface area (Å²) in [4.78, 5) is 8.07. The van der Waals surface area contributed by atoms with Crippen LogP contribution in [0.1, 0.15) is 5.56 Å². The number of hydrogen-bond donors (Lipinski definition) is 1. The number of nitrogens with one attached hydrogen (secondary N) is 1. The molecule has 0 aliphatic heterocycles. The molecule has 0 amide bonds. The van der Waals surface area contributed by atoms with E-state index in [4.69, 9.17) is 5.26 Å². The van der Waals surface area contributed by atoms with E-state index < -0.39 is 10.0 Å². The normalized spacial score (nSPS) is 10.8. The SMILES string of the molecule is N#Cc1cccc(S(=O)(=O)Nc2cncnc2-c2ccccc2)c1. The molecule has 3 rings (SSSR count). The molecule has 1 heterocycles. The Morgan fingerprint density at radius 2 is 1.83 bits per heavy atom. The molecular formula is C17H12N4O2S. The Kier molecular flexibility index (Phi) is 4.22. The van der Waals surface area contributed by atoms with Crippen LogP contribution in [0.4, 0.5) is 5.69 Å². The van der Waals surface area contributed by atoms with Crippen molar-refractivity contribution < 1.29 is 8.42 Å². The molecule has 0 aliphatic rings. The molecule has 3 aromatic rings. The summed E-state index contributed by atoms with van der Waals surface area (Å²) in [7, 11) is -3.86. The summed E-state index contributed by atoms with van der Waals surface area (Å²) in [5, 5.41) is 8.93. The standard InChI is InChI=1S/C17H12N4O2S/c18-10-13-5-4-8-15(9-13)24(22,23)21-16-11-19-12-20-17(16)14-6-2-1-3-7-14/h1-9,11-12,21H. The van der Waals surface area contributed by atoms with Gasteiger partial charge in [0.15, 0.2) is 0 Å². The van der Waals surface area contributed by atoms with Crippen LogP contribution in [0.5, 0.6) is 0 Å². The van der Waals surface area contributed by atoms with Crippen LogP contribution >= 0.6 is 0 Å². The first-order chi connectivity index (χ1) is 11.6. The fourth-order valence-electron chi connectivity index (χ4n) is 2.17. The van der Waals surface area contributed by atoms with Crippen molar-refractivity contribution in [3.8, 4) is 17.3 Å². The number of hydrogen-bond acceptors (Lipinski definition) is 5. The molecule has 1 aromatic heterocycles. The third-order valence-electron chi connectivity index (χ3n) is 3.28. The first kappa shape index (κ1) is 15.6. The van der Waals surface area contributed by atoms with Crippen molar-refractivity contribution in [3.05, 3.63) is 72.7 Å². The van der Waals surface area contributed by atoms with Gasteiger partial charge in [0.25, 0.3) is 10.0 Å². The second-order valence-electron chi connectivity index (χ2n) is 4.90. The Balaban J connectivity index is 2.01. The van der Waals surface area contributed by atoms with Crippen molar-refractivity contribution in [2.24, 2.45) is 0 Å². The number of rotatable bonds is 4. The highest BCUT2D eigenvalue weighted by Gasteiger charge is 2.18. The molecule has 118 valence electrons.